The molecule has 0 saturated carbocycles. The van der Waals surface area contributed by atoms with E-state index in [4.69, 9.17) is 16.3 Å². The number of halogens is 1. The molecule has 0 aliphatic carbocycles. The van der Waals surface area contributed by atoms with Crippen molar-refractivity contribution in [2.75, 3.05) is 12.4 Å². The standard InChI is InChI=1S/C29H24ClN5O3S/c1-3-38-28(37)26-25(19(2)35(33-26)23-16-14-21(30)15-17-23)24(36)18-39-29-32-31-27(20-10-6-4-7-11-20)34(29)22-12-8-5-9-13-22/h4-17H,3,18H2,1-2H3. The first-order chi connectivity index (χ1) is 19.0. The summed E-state index contributed by atoms with van der Waals surface area (Å²) in [5.41, 5.74) is 3.16. The summed E-state index contributed by atoms with van der Waals surface area (Å²) >= 11 is 7.28. The summed E-state index contributed by atoms with van der Waals surface area (Å²) in [6, 6.07) is 26.4. The zero-order valence-electron chi connectivity index (χ0n) is 21.2. The van der Waals surface area contributed by atoms with Crippen LogP contribution in [0.1, 0.15) is 33.5 Å². The topological polar surface area (TPSA) is 91.9 Å². The lowest BCUT2D eigenvalue weighted by Crippen LogP contribution is -2.13. The number of benzene rings is 3. The van der Waals surface area contributed by atoms with Crippen LogP contribution in [0.3, 0.4) is 0 Å². The minimum absolute atomic E-state index is 0.0132. The number of carbonyl (C=O) groups is 2. The van der Waals surface area contributed by atoms with Gasteiger partial charge in [0.2, 0.25) is 0 Å². The minimum Gasteiger partial charge on any atom is -0.461 e. The number of hydrogen-bond acceptors (Lipinski definition) is 7. The Morgan fingerprint density at radius 1 is 0.897 bits per heavy atom. The van der Waals surface area contributed by atoms with Crippen molar-refractivity contribution in [2.45, 2.75) is 19.0 Å². The largest absolute Gasteiger partial charge is 0.461 e. The molecule has 0 radical (unpaired) electrons. The smallest absolute Gasteiger partial charge is 0.359 e. The Bertz CT molecular complexity index is 1620. The zero-order chi connectivity index (χ0) is 27.4. The molecule has 0 amide bonds. The van der Waals surface area contributed by atoms with Gasteiger partial charge in [0.15, 0.2) is 22.5 Å². The number of thioether (sulfide) groups is 1. The van der Waals surface area contributed by atoms with E-state index in [0.29, 0.717) is 27.4 Å². The van der Waals surface area contributed by atoms with E-state index in [0.717, 1.165) is 11.3 Å². The fourth-order valence-corrected chi connectivity index (χ4v) is 5.11. The highest BCUT2D eigenvalue weighted by Crippen LogP contribution is 2.29. The molecule has 196 valence electrons. The van der Waals surface area contributed by atoms with Gasteiger partial charge in [-0.15, -0.1) is 10.2 Å². The quantitative estimate of drug-likeness (QED) is 0.120. The summed E-state index contributed by atoms with van der Waals surface area (Å²) in [6.07, 6.45) is 0. The summed E-state index contributed by atoms with van der Waals surface area (Å²) in [4.78, 5) is 26.4. The van der Waals surface area contributed by atoms with E-state index in [9.17, 15) is 9.59 Å². The molecular weight excluding hydrogens is 534 g/mol. The maximum absolute atomic E-state index is 13.6. The first-order valence-corrected chi connectivity index (χ1v) is 13.6. The van der Waals surface area contributed by atoms with E-state index in [1.807, 2.05) is 65.2 Å². The number of nitrogens with zero attached hydrogens (tertiary/aromatic N) is 5. The van der Waals surface area contributed by atoms with Gasteiger partial charge in [0.1, 0.15) is 0 Å². The maximum atomic E-state index is 13.6. The van der Waals surface area contributed by atoms with Crippen molar-refractivity contribution >= 4 is 35.1 Å². The van der Waals surface area contributed by atoms with Crippen LogP contribution >= 0.6 is 23.4 Å². The molecule has 2 aromatic heterocycles. The van der Waals surface area contributed by atoms with Crippen LogP contribution in [0.15, 0.2) is 90.1 Å². The predicted molar refractivity (Wildman–Crippen MR) is 151 cm³/mol. The number of para-hydroxylation sites is 1. The van der Waals surface area contributed by atoms with Crippen LogP contribution < -0.4 is 0 Å². The van der Waals surface area contributed by atoms with E-state index in [1.165, 1.54) is 11.8 Å². The summed E-state index contributed by atoms with van der Waals surface area (Å²) in [5, 5.41) is 14.4. The van der Waals surface area contributed by atoms with Gasteiger partial charge in [0.05, 0.1) is 29.3 Å². The molecular formula is C29H24ClN5O3S. The molecule has 10 heteroatoms. The second kappa shape index (κ2) is 11.7. The highest BCUT2D eigenvalue weighted by Gasteiger charge is 2.28. The molecule has 0 spiro atoms. The number of carbonyl (C=O) groups excluding carboxylic acids is 2. The third-order valence-electron chi connectivity index (χ3n) is 5.95. The second-order valence-corrected chi connectivity index (χ2v) is 9.85. The van der Waals surface area contributed by atoms with Crippen LogP contribution in [-0.4, -0.2) is 48.7 Å². The number of rotatable bonds is 9. The zero-order valence-corrected chi connectivity index (χ0v) is 22.8. The average molecular weight is 558 g/mol. The van der Waals surface area contributed by atoms with Crippen LogP contribution in [0.25, 0.3) is 22.8 Å². The van der Waals surface area contributed by atoms with Crippen molar-refractivity contribution in [3.05, 3.63) is 107 Å². The fourth-order valence-electron chi connectivity index (χ4n) is 4.16. The molecule has 0 unspecified atom stereocenters. The van der Waals surface area contributed by atoms with Crippen molar-refractivity contribution in [2.24, 2.45) is 0 Å². The number of esters is 1. The maximum Gasteiger partial charge on any atom is 0.359 e. The van der Waals surface area contributed by atoms with E-state index in [1.54, 1.807) is 42.8 Å². The Morgan fingerprint density at radius 3 is 2.23 bits per heavy atom. The van der Waals surface area contributed by atoms with Crippen LogP contribution in [0.4, 0.5) is 0 Å². The lowest BCUT2D eigenvalue weighted by molar-refractivity contribution is 0.0516. The summed E-state index contributed by atoms with van der Waals surface area (Å²) in [7, 11) is 0. The number of hydrogen-bond donors (Lipinski definition) is 0. The van der Waals surface area contributed by atoms with Crippen LogP contribution in [-0.2, 0) is 4.74 Å². The molecule has 0 N–H and O–H groups in total. The molecule has 0 aliphatic heterocycles. The number of Topliss-reactive ketones (excluding diaryl/α,β-unsaturated/α-hetero) is 1. The van der Waals surface area contributed by atoms with Gasteiger partial charge in [-0.25, -0.2) is 9.48 Å². The monoisotopic (exact) mass is 557 g/mol. The molecule has 0 bridgehead atoms. The SMILES string of the molecule is CCOC(=O)c1nn(-c2ccc(Cl)cc2)c(C)c1C(=O)CSc1nnc(-c2ccccc2)n1-c1ccccc1. The molecule has 8 nitrogen and oxygen atoms in total. The molecule has 39 heavy (non-hydrogen) atoms. The Kier molecular flexibility index (Phi) is 7.90. The van der Waals surface area contributed by atoms with E-state index < -0.39 is 5.97 Å². The number of ether oxygens (including phenoxy) is 1. The van der Waals surface area contributed by atoms with Crippen molar-refractivity contribution in [3.63, 3.8) is 0 Å². The van der Waals surface area contributed by atoms with Crippen LogP contribution in [0, 0.1) is 6.92 Å². The van der Waals surface area contributed by atoms with Crippen molar-refractivity contribution < 1.29 is 14.3 Å². The highest BCUT2D eigenvalue weighted by molar-refractivity contribution is 7.99. The summed E-state index contributed by atoms with van der Waals surface area (Å²) in [6.45, 7) is 3.62. The van der Waals surface area contributed by atoms with Crippen LogP contribution in [0.5, 0.6) is 0 Å². The molecule has 3 aromatic carbocycles. The van der Waals surface area contributed by atoms with Gasteiger partial charge >= 0.3 is 5.97 Å². The van der Waals surface area contributed by atoms with E-state index in [2.05, 4.69) is 15.3 Å². The van der Waals surface area contributed by atoms with Gasteiger partial charge in [0, 0.05) is 16.3 Å². The first kappa shape index (κ1) is 26.4. The van der Waals surface area contributed by atoms with Crippen molar-refractivity contribution in [1.82, 2.24) is 24.5 Å². The Hall–Kier alpha value is -4.21. The molecule has 0 saturated heterocycles. The molecule has 0 fully saturated rings. The van der Waals surface area contributed by atoms with Gasteiger partial charge in [-0.05, 0) is 50.2 Å². The van der Waals surface area contributed by atoms with Crippen LogP contribution in [0.2, 0.25) is 5.02 Å². The van der Waals surface area contributed by atoms with Gasteiger partial charge in [0.25, 0.3) is 0 Å². The summed E-state index contributed by atoms with van der Waals surface area (Å²) in [5.74, 6) is -0.250. The summed E-state index contributed by atoms with van der Waals surface area (Å²) < 4.78 is 8.69. The third kappa shape index (κ3) is 5.50. The van der Waals surface area contributed by atoms with Crippen molar-refractivity contribution in [3.8, 4) is 22.8 Å². The Morgan fingerprint density at radius 2 is 1.56 bits per heavy atom. The molecule has 2 heterocycles. The molecule has 5 rings (SSSR count). The minimum atomic E-state index is -0.652. The average Bonchev–Trinajstić information content (AvgIpc) is 3.54. The lowest BCUT2D eigenvalue weighted by Gasteiger charge is -2.10. The molecule has 5 aromatic rings. The van der Waals surface area contributed by atoms with Gasteiger partial charge in [-0.1, -0.05) is 71.9 Å². The second-order valence-electron chi connectivity index (χ2n) is 8.47. The highest BCUT2D eigenvalue weighted by atomic mass is 35.5. The fraction of sp³-hybridized carbons (Fsp3) is 0.138. The number of ketones is 1. The van der Waals surface area contributed by atoms with E-state index >= 15 is 0 Å². The van der Waals surface area contributed by atoms with Crippen molar-refractivity contribution in [1.29, 1.82) is 0 Å². The van der Waals surface area contributed by atoms with Gasteiger partial charge in [-0.2, -0.15) is 5.10 Å². The number of aromatic nitrogens is 5. The lowest BCUT2D eigenvalue weighted by atomic mass is 10.1. The third-order valence-corrected chi connectivity index (χ3v) is 7.13. The molecule has 0 atom stereocenters. The normalized spacial score (nSPS) is 10.9. The predicted octanol–water partition coefficient (Wildman–Crippen LogP) is 6.23. The Balaban J connectivity index is 1.49. The van der Waals surface area contributed by atoms with Gasteiger partial charge < -0.3 is 4.74 Å². The molecule has 0 aliphatic rings. The van der Waals surface area contributed by atoms with Gasteiger partial charge in [-0.3, -0.25) is 9.36 Å². The Labute approximate surface area is 234 Å². The van der Waals surface area contributed by atoms with E-state index in [-0.39, 0.29) is 29.4 Å². The first-order valence-electron chi connectivity index (χ1n) is 12.2.